The highest BCUT2D eigenvalue weighted by molar-refractivity contribution is 9.10. The number of nitriles is 1. The molecule has 0 aliphatic rings. The Morgan fingerprint density at radius 3 is 2.77 bits per heavy atom. The van der Waals surface area contributed by atoms with Gasteiger partial charge in [0.2, 0.25) is 0 Å². The lowest BCUT2D eigenvalue weighted by atomic mass is 10.1. The van der Waals surface area contributed by atoms with E-state index < -0.39 is 0 Å². The maximum absolute atomic E-state index is 9.83. The number of ether oxygens (including phenoxy) is 1. The van der Waals surface area contributed by atoms with Crippen LogP contribution < -0.4 is 10.2 Å². The molecule has 0 aliphatic carbocycles. The van der Waals surface area contributed by atoms with Gasteiger partial charge in [0.25, 0.3) is 0 Å². The molecule has 0 bridgehead atoms. The Labute approximate surface area is 186 Å². The highest BCUT2D eigenvalue weighted by Crippen LogP contribution is 2.43. The van der Waals surface area contributed by atoms with E-state index in [2.05, 4.69) is 42.5 Å². The molecule has 4 aromatic rings. The molecule has 0 unspecified atom stereocenters. The number of thiophene rings is 1. The second kappa shape index (κ2) is 9.03. The first-order valence-corrected chi connectivity index (χ1v) is 10.8. The van der Waals surface area contributed by atoms with Crippen LogP contribution in [-0.2, 0) is 0 Å². The summed E-state index contributed by atoms with van der Waals surface area (Å²) in [5, 5.41) is 14.1. The molecule has 1 N–H and O–H groups in total. The Morgan fingerprint density at radius 2 is 2.00 bits per heavy atom. The number of hydrogen-bond acceptors (Lipinski definition) is 7. The molecule has 0 saturated heterocycles. The molecule has 2 aromatic heterocycles. The van der Waals surface area contributed by atoms with Gasteiger partial charge in [-0.05, 0) is 36.8 Å². The third-order valence-electron chi connectivity index (χ3n) is 4.27. The number of aromatic nitrogens is 2. The number of hydrogen-bond donors (Lipinski definition) is 1. The Hall–Kier alpha value is -3.28. The number of fused-ring (bicyclic) bond motifs is 1. The Kier molecular flexibility index (Phi) is 6.02. The predicted molar refractivity (Wildman–Crippen MR) is 124 cm³/mol. The average Bonchev–Trinajstić information content (AvgIpc) is 3.15. The molecular weight excluding hydrogens is 462 g/mol. The van der Waals surface area contributed by atoms with Crippen LogP contribution in [0.25, 0.3) is 20.7 Å². The minimum atomic E-state index is 0.504. The summed E-state index contributed by atoms with van der Waals surface area (Å²) >= 11 is 4.86. The standard InChI is InChI=1S/C22H16BrN5OS/c1-2-29-18-6-4-3-5-16(18)20-17(11-24)19-21(30-20)22(26-13-25-19)28-27-12-14-7-9-15(23)10-8-14/h3-10,12-13H,2H2,1H3,(H,25,26,28)/b27-12+. The van der Waals surface area contributed by atoms with Crippen molar-refractivity contribution in [3.05, 3.63) is 70.5 Å². The summed E-state index contributed by atoms with van der Waals surface area (Å²) < 4.78 is 7.53. The number of benzene rings is 2. The number of halogens is 1. The molecule has 0 fully saturated rings. The van der Waals surface area contributed by atoms with E-state index in [0.717, 1.165) is 30.9 Å². The minimum absolute atomic E-state index is 0.504. The quantitative estimate of drug-likeness (QED) is 0.278. The molecule has 2 aromatic carbocycles. The van der Waals surface area contributed by atoms with Crippen LogP contribution in [0.2, 0.25) is 0 Å². The van der Waals surface area contributed by atoms with Gasteiger partial charge in [0, 0.05) is 10.0 Å². The van der Waals surface area contributed by atoms with Crippen LogP contribution in [0, 0.1) is 11.3 Å². The first kappa shape index (κ1) is 20.0. The van der Waals surface area contributed by atoms with E-state index in [1.807, 2.05) is 55.5 Å². The molecule has 6 nitrogen and oxygen atoms in total. The van der Waals surface area contributed by atoms with Crippen molar-refractivity contribution >= 4 is 49.5 Å². The zero-order valence-corrected chi connectivity index (χ0v) is 18.4. The van der Waals surface area contributed by atoms with Gasteiger partial charge >= 0.3 is 0 Å². The van der Waals surface area contributed by atoms with Crippen LogP contribution in [0.15, 0.2) is 64.4 Å². The molecule has 0 radical (unpaired) electrons. The van der Waals surface area contributed by atoms with E-state index in [4.69, 9.17) is 4.74 Å². The summed E-state index contributed by atoms with van der Waals surface area (Å²) in [4.78, 5) is 9.47. The van der Waals surface area contributed by atoms with Crippen molar-refractivity contribution in [2.75, 3.05) is 12.0 Å². The molecule has 0 saturated carbocycles. The molecule has 148 valence electrons. The van der Waals surface area contributed by atoms with Gasteiger partial charge in [0.05, 0.1) is 28.0 Å². The van der Waals surface area contributed by atoms with Crippen molar-refractivity contribution in [2.24, 2.45) is 5.10 Å². The van der Waals surface area contributed by atoms with Crippen molar-refractivity contribution in [3.63, 3.8) is 0 Å². The molecule has 0 atom stereocenters. The van der Waals surface area contributed by atoms with Gasteiger partial charge in [-0.1, -0.05) is 40.2 Å². The molecule has 8 heteroatoms. The lowest BCUT2D eigenvalue weighted by Gasteiger charge is -2.08. The van der Waals surface area contributed by atoms with Gasteiger partial charge in [-0.15, -0.1) is 11.3 Å². The van der Waals surface area contributed by atoms with Gasteiger partial charge in [0.15, 0.2) is 5.82 Å². The van der Waals surface area contributed by atoms with Gasteiger partial charge in [-0.25, -0.2) is 9.97 Å². The van der Waals surface area contributed by atoms with Crippen LogP contribution in [0.4, 0.5) is 5.82 Å². The molecule has 0 aliphatic heterocycles. The number of rotatable bonds is 6. The first-order valence-electron chi connectivity index (χ1n) is 9.15. The first-order chi connectivity index (χ1) is 14.7. The maximum atomic E-state index is 9.83. The summed E-state index contributed by atoms with van der Waals surface area (Å²) in [6.45, 7) is 2.48. The lowest BCUT2D eigenvalue weighted by Crippen LogP contribution is -1.95. The normalized spacial score (nSPS) is 11.0. The summed E-state index contributed by atoms with van der Waals surface area (Å²) in [7, 11) is 0. The zero-order valence-electron chi connectivity index (χ0n) is 16.0. The van der Waals surface area contributed by atoms with Crippen molar-refractivity contribution in [1.29, 1.82) is 5.26 Å². The van der Waals surface area contributed by atoms with Gasteiger partial charge in [-0.2, -0.15) is 10.4 Å². The topological polar surface area (TPSA) is 83.2 Å². The number of hydrazone groups is 1. The maximum Gasteiger partial charge on any atom is 0.167 e. The van der Waals surface area contributed by atoms with Crippen molar-refractivity contribution in [2.45, 2.75) is 6.92 Å². The third kappa shape index (κ3) is 4.03. The van der Waals surface area contributed by atoms with Crippen molar-refractivity contribution in [3.8, 4) is 22.3 Å². The Morgan fingerprint density at radius 1 is 1.20 bits per heavy atom. The summed E-state index contributed by atoms with van der Waals surface area (Å²) in [5.74, 6) is 1.29. The fourth-order valence-corrected chi connectivity index (χ4v) is 4.37. The molecule has 0 amide bonds. The van der Waals surface area contributed by atoms with Crippen LogP contribution in [-0.4, -0.2) is 22.8 Å². The fraction of sp³-hybridized carbons (Fsp3) is 0.0909. The van der Waals surface area contributed by atoms with Crippen molar-refractivity contribution < 1.29 is 4.74 Å². The second-order valence-corrected chi connectivity index (χ2v) is 8.11. The molecule has 30 heavy (non-hydrogen) atoms. The predicted octanol–water partition coefficient (Wildman–Crippen LogP) is 5.84. The third-order valence-corrected chi connectivity index (χ3v) is 6.02. The summed E-state index contributed by atoms with van der Waals surface area (Å²) in [6, 6.07) is 17.8. The molecule has 2 heterocycles. The molecular formula is C22H16BrN5OS. The van der Waals surface area contributed by atoms with E-state index in [-0.39, 0.29) is 0 Å². The number of nitrogens with one attached hydrogen (secondary N) is 1. The Bertz CT molecular complexity index is 1260. The van der Waals surface area contributed by atoms with E-state index in [9.17, 15) is 5.26 Å². The highest BCUT2D eigenvalue weighted by Gasteiger charge is 2.20. The summed E-state index contributed by atoms with van der Waals surface area (Å²) in [6.07, 6.45) is 3.15. The van der Waals surface area contributed by atoms with Crippen LogP contribution >= 0.6 is 27.3 Å². The van der Waals surface area contributed by atoms with Gasteiger partial charge in [-0.3, -0.25) is 5.43 Å². The van der Waals surface area contributed by atoms with E-state index in [1.54, 1.807) is 6.21 Å². The number of nitrogens with zero attached hydrogens (tertiary/aromatic N) is 4. The second-order valence-electron chi connectivity index (χ2n) is 6.17. The molecule has 0 spiro atoms. The zero-order chi connectivity index (χ0) is 20.9. The van der Waals surface area contributed by atoms with E-state index >= 15 is 0 Å². The van der Waals surface area contributed by atoms with Crippen LogP contribution in [0.1, 0.15) is 18.1 Å². The van der Waals surface area contributed by atoms with Crippen LogP contribution in [0.3, 0.4) is 0 Å². The fourth-order valence-electron chi connectivity index (χ4n) is 2.93. The highest BCUT2D eigenvalue weighted by atomic mass is 79.9. The van der Waals surface area contributed by atoms with E-state index in [1.165, 1.54) is 17.7 Å². The SMILES string of the molecule is CCOc1ccccc1-c1sc2c(N/N=C/c3ccc(Br)cc3)ncnc2c1C#N. The Balaban J connectivity index is 1.74. The summed E-state index contributed by atoms with van der Waals surface area (Å²) in [5.41, 5.74) is 5.90. The number of anilines is 1. The van der Waals surface area contributed by atoms with Crippen molar-refractivity contribution in [1.82, 2.24) is 9.97 Å². The lowest BCUT2D eigenvalue weighted by molar-refractivity contribution is 0.341. The largest absolute Gasteiger partial charge is 0.493 e. The smallest absolute Gasteiger partial charge is 0.167 e. The monoisotopic (exact) mass is 477 g/mol. The van der Waals surface area contributed by atoms with E-state index in [0.29, 0.717) is 23.5 Å². The van der Waals surface area contributed by atoms with Gasteiger partial charge in [0.1, 0.15) is 23.7 Å². The van der Waals surface area contributed by atoms with Crippen LogP contribution in [0.5, 0.6) is 5.75 Å². The van der Waals surface area contributed by atoms with Gasteiger partial charge < -0.3 is 4.74 Å². The average molecular weight is 478 g/mol. The molecule has 4 rings (SSSR count). The number of para-hydroxylation sites is 1. The minimum Gasteiger partial charge on any atom is -0.493 e.